The molecule has 1 aliphatic rings. The zero-order chi connectivity index (χ0) is 16.1. The SMILES string of the molecule is C[C@H]1CN(C(=O)c2cccc(OC(F)F)c2)CCN1CCO. The molecule has 0 unspecified atom stereocenters. The highest BCUT2D eigenvalue weighted by Crippen LogP contribution is 2.19. The molecule has 1 aromatic rings. The summed E-state index contributed by atoms with van der Waals surface area (Å²) in [5.74, 6) is -0.219. The van der Waals surface area contributed by atoms with E-state index in [9.17, 15) is 13.6 Å². The number of benzene rings is 1. The summed E-state index contributed by atoms with van der Waals surface area (Å²) in [5.41, 5.74) is 0.334. The van der Waals surface area contributed by atoms with Crippen LogP contribution in [0.25, 0.3) is 0 Å². The van der Waals surface area contributed by atoms with Crippen LogP contribution in [-0.4, -0.2) is 66.3 Å². The number of aliphatic hydroxyl groups excluding tert-OH is 1. The van der Waals surface area contributed by atoms with Gasteiger partial charge in [-0.25, -0.2) is 0 Å². The highest BCUT2D eigenvalue weighted by molar-refractivity contribution is 5.94. The summed E-state index contributed by atoms with van der Waals surface area (Å²) in [6, 6.07) is 5.98. The largest absolute Gasteiger partial charge is 0.435 e. The Kier molecular flexibility index (Phi) is 5.68. The van der Waals surface area contributed by atoms with Crippen molar-refractivity contribution in [2.24, 2.45) is 0 Å². The van der Waals surface area contributed by atoms with E-state index in [0.717, 1.165) is 0 Å². The van der Waals surface area contributed by atoms with Crippen molar-refractivity contribution in [1.82, 2.24) is 9.80 Å². The predicted octanol–water partition coefficient (Wildman–Crippen LogP) is 1.43. The molecule has 1 N–H and O–H groups in total. The third-order valence-corrected chi connectivity index (χ3v) is 3.75. The van der Waals surface area contributed by atoms with E-state index < -0.39 is 6.61 Å². The molecule has 1 atom stereocenters. The van der Waals surface area contributed by atoms with Gasteiger partial charge in [-0.2, -0.15) is 8.78 Å². The number of halogens is 2. The molecule has 1 fully saturated rings. The highest BCUT2D eigenvalue weighted by atomic mass is 19.3. The van der Waals surface area contributed by atoms with Gasteiger partial charge < -0.3 is 14.7 Å². The number of carbonyl (C=O) groups excluding carboxylic acids is 1. The molecule has 1 saturated heterocycles. The zero-order valence-corrected chi connectivity index (χ0v) is 12.4. The van der Waals surface area contributed by atoms with Crippen LogP contribution in [0.3, 0.4) is 0 Å². The van der Waals surface area contributed by atoms with Crippen LogP contribution in [0.1, 0.15) is 17.3 Å². The van der Waals surface area contributed by atoms with Crippen LogP contribution in [0.4, 0.5) is 8.78 Å². The van der Waals surface area contributed by atoms with Crippen molar-refractivity contribution in [2.75, 3.05) is 32.8 Å². The molecule has 1 aromatic carbocycles. The van der Waals surface area contributed by atoms with E-state index >= 15 is 0 Å². The Morgan fingerprint density at radius 1 is 1.45 bits per heavy atom. The summed E-state index contributed by atoms with van der Waals surface area (Å²) in [6.07, 6.45) is 0. The second kappa shape index (κ2) is 7.51. The molecule has 0 aromatic heterocycles. The van der Waals surface area contributed by atoms with Gasteiger partial charge in [-0.15, -0.1) is 0 Å². The van der Waals surface area contributed by atoms with Crippen LogP contribution in [0.5, 0.6) is 5.75 Å². The number of amides is 1. The van der Waals surface area contributed by atoms with E-state index in [4.69, 9.17) is 5.11 Å². The summed E-state index contributed by atoms with van der Waals surface area (Å²) in [7, 11) is 0. The van der Waals surface area contributed by atoms with Gasteiger partial charge in [0.05, 0.1) is 6.61 Å². The quantitative estimate of drug-likeness (QED) is 0.893. The normalized spacial score (nSPS) is 19.5. The minimum atomic E-state index is -2.91. The molecule has 7 heteroatoms. The molecule has 1 amide bonds. The van der Waals surface area contributed by atoms with Gasteiger partial charge in [0.25, 0.3) is 5.91 Å². The fourth-order valence-corrected chi connectivity index (χ4v) is 2.63. The van der Waals surface area contributed by atoms with Crippen LogP contribution in [-0.2, 0) is 0 Å². The standard InChI is InChI=1S/C15H20F2N2O3/c1-11-10-19(6-5-18(11)7-8-20)14(21)12-3-2-4-13(9-12)22-15(16)17/h2-4,9,11,15,20H,5-8,10H2,1H3/t11-/m0/s1. The smallest absolute Gasteiger partial charge is 0.387 e. The van der Waals surface area contributed by atoms with Crippen molar-refractivity contribution in [3.8, 4) is 5.75 Å². The molecule has 5 nitrogen and oxygen atoms in total. The fraction of sp³-hybridized carbons (Fsp3) is 0.533. The van der Waals surface area contributed by atoms with Crippen LogP contribution < -0.4 is 4.74 Å². The average Bonchev–Trinajstić information content (AvgIpc) is 2.48. The first-order chi connectivity index (χ1) is 10.5. The molecule has 0 bridgehead atoms. The van der Waals surface area contributed by atoms with Crippen molar-refractivity contribution in [3.05, 3.63) is 29.8 Å². The van der Waals surface area contributed by atoms with E-state index in [2.05, 4.69) is 9.64 Å². The van der Waals surface area contributed by atoms with Gasteiger partial charge in [0.15, 0.2) is 0 Å². The lowest BCUT2D eigenvalue weighted by molar-refractivity contribution is -0.0499. The number of rotatable bonds is 5. The lowest BCUT2D eigenvalue weighted by atomic mass is 10.1. The molecular weight excluding hydrogens is 294 g/mol. The van der Waals surface area contributed by atoms with Gasteiger partial charge in [-0.3, -0.25) is 9.69 Å². The maximum atomic E-state index is 12.5. The number of ether oxygens (including phenoxy) is 1. The summed E-state index contributed by atoms with van der Waals surface area (Å²) < 4.78 is 28.8. The topological polar surface area (TPSA) is 53.0 Å². The van der Waals surface area contributed by atoms with Crippen LogP contribution in [0.15, 0.2) is 24.3 Å². The molecule has 0 radical (unpaired) electrons. The van der Waals surface area contributed by atoms with Gasteiger partial charge >= 0.3 is 6.61 Å². The number of nitrogens with zero attached hydrogens (tertiary/aromatic N) is 2. The molecule has 22 heavy (non-hydrogen) atoms. The number of carbonyl (C=O) groups is 1. The van der Waals surface area contributed by atoms with E-state index in [-0.39, 0.29) is 24.3 Å². The first kappa shape index (κ1) is 16.6. The molecule has 1 heterocycles. The van der Waals surface area contributed by atoms with Crippen LogP contribution in [0, 0.1) is 0 Å². The molecule has 0 aliphatic carbocycles. The monoisotopic (exact) mass is 314 g/mol. The second-order valence-corrected chi connectivity index (χ2v) is 5.27. The Hall–Kier alpha value is -1.73. The third-order valence-electron chi connectivity index (χ3n) is 3.75. The van der Waals surface area contributed by atoms with Gasteiger partial charge in [-0.1, -0.05) is 6.07 Å². The van der Waals surface area contributed by atoms with E-state index in [1.54, 1.807) is 11.0 Å². The van der Waals surface area contributed by atoms with E-state index in [1.807, 2.05) is 6.92 Å². The van der Waals surface area contributed by atoms with Crippen molar-refractivity contribution in [1.29, 1.82) is 0 Å². The van der Waals surface area contributed by atoms with Crippen LogP contribution >= 0.6 is 0 Å². The predicted molar refractivity (Wildman–Crippen MR) is 77.1 cm³/mol. The van der Waals surface area contributed by atoms with Crippen LogP contribution in [0.2, 0.25) is 0 Å². The lowest BCUT2D eigenvalue weighted by Crippen LogP contribution is -2.54. The van der Waals surface area contributed by atoms with Crippen molar-refractivity contribution < 1.29 is 23.4 Å². The molecule has 0 spiro atoms. The number of aliphatic hydroxyl groups is 1. The van der Waals surface area contributed by atoms with E-state index in [0.29, 0.717) is 31.7 Å². The molecule has 0 saturated carbocycles. The fourth-order valence-electron chi connectivity index (χ4n) is 2.63. The average molecular weight is 314 g/mol. The Bertz CT molecular complexity index is 513. The van der Waals surface area contributed by atoms with E-state index in [1.165, 1.54) is 18.2 Å². The number of β-amino-alcohol motifs (C(OH)–C–C–N with tert-alkyl or cyclic N) is 1. The second-order valence-electron chi connectivity index (χ2n) is 5.27. The molecular formula is C15H20F2N2O3. The number of hydrogen-bond acceptors (Lipinski definition) is 4. The number of hydrogen-bond donors (Lipinski definition) is 1. The third kappa shape index (κ3) is 4.14. The molecule has 1 aliphatic heterocycles. The summed E-state index contributed by atoms with van der Waals surface area (Å²) in [5, 5.41) is 8.99. The number of piperazine rings is 1. The number of alkyl halides is 2. The van der Waals surface area contributed by atoms with Crippen molar-refractivity contribution >= 4 is 5.91 Å². The van der Waals surface area contributed by atoms with Gasteiger partial charge in [0.1, 0.15) is 5.75 Å². The Morgan fingerprint density at radius 2 is 2.23 bits per heavy atom. The molecule has 2 rings (SSSR count). The Morgan fingerprint density at radius 3 is 2.86 bits per heavy atom. The maximum absolute atomic E-state index is 12.5. The minimum absolute atomic E-state index is 0.0205. The first-order valence-corrected chi connectivity index (χ1v) is 7.20. The van der Waals surface area contributed by atoms with Gasteiger partial charge in [-0.05, 0) is 25.1 Å². The Labute approximate surface area is 128 Å². The summed E-state index contributed by atoms with van der Waals surface area (Å²) in [6.45, 7) is 1.52. The van der Waals surface area contributed by atoms with Gasteiger partial charge in [0.2, 0.25) is 0 Å². The minimum Gasteiger partial charge on any atom is -0.435 e. The molecule has 122 valence electrons. The van der Waals surface area contributed by atoms with Gasteiger partial charge in [0, 0.05) is 37.8 Å². The Balaban J connectivity index is 2.03. The maximum Gasteiger partial charge on any atom is 0.387 e. The summed E-state index contributed by atoms with van der Waals surface area (Å²) >= 11 is 0. The van der Waals surface area contributed by atoms with Crippen molar-refractivity contribution in [3.63, 3.8) is 0 Å². The zero-order valence-electron chi connectivity index (χ0n) is 12.4. The first-order valence-electron chi connectivity index (χ1n) is 7.20. The highest BCUT2D eigenvalue weighted by Gasteiger charge is 2.27. The summed E-state index contributed by atoms with van der Waals surface area (Å²) in [4.78, 5) is 16.3. The lowest BCUT2D eigenvalue weighted by Gasteiger charge is -2.39. The van der Waals surface area contributed by atoms with Crippen molar-refractivity contribution in [2.45, 2.75) is 19.6 Å².